The Bertz CT molecular complexity index is 1580. The van der Waals surface area contributed by atoms with Crippen molar-refractivity contribution >= 4 is 21.7 Å². The van der Waals surface area contributed by atoms with Crippen LogP contribution in [0.25, 0.3) is 11.3 Å². The number of nitrogens with two attached hydrogens (primary N) is 1. The van der Waals surface area contributed by atoms with E-state index in [0.29, 0.717) is 17.2 Å². The van der Waals surface area contributed by atoms with Crippen LogP contribution in [-0.2, 0) is 10.0 Å². The fraction of sp³-hybridized carbons (Fsp3) is 0.148. The first-order valence-corrected chi connectivity index (χ1v) is 12.8. The third-order valence-corrected chi connectivity index (χ3v) is 6.77. The van der Waals surface area contributed by atoms with Crippen LogP contribution in [0.3, 0.4) is 0 Å². The maximum atomic E-state index is 13.2. The maximum Gasteiger partial charge on any atom is 0.281 e. The van der Waals surface area contributed by atoms with E-state index in [9.17, 15) is 13.2 Å². The Morgan fingerprint density at radius 1 is 0.946 bits per heavy atom. The first-order valence-electron chi connectivity index (χ1n) is 11.3. The van der Waals surface area contributed by atoms with Gasteiger partial charge in [0.25, 0.3) is 15.9 Å². The van der Waals surface area contributed by atoms with Crippen LogP contribution in [0, 0.1) is 20.8 Å². The summed E-state index contributed by atoms with van der Waals surface area (Å²) in [7, 11) is -2.72. The number of sulfonamides is 1. The lowest BCUT2D eigenvalue weighted by Crippen LogP contribution is -2.31. The van der Waals surface area contributed by atoms with Gasteiger partial charge in [-0.25, -0.2) is 14.7 Å². The minimum Gasteiger partial charge on any atom is -0.497 e. The zero-order valence-corrected chi connectivity index (χ0v) is 21.6. The highest BCUT2D eigenvalue weighted by molar-refractivity contribution is 7.90. The summed E-state index contributed by atoms with van der Waals surface area (Å²) < 4.78 is 39.0. The molecule has 9 nitrogen and oxygen atoms in total. The Morgan fingerprint density at radius 3 is 2.24 bits per heavy atom. The van der Waals surface area contributed by atoms with Crippen LogP contribution in [0.2, 0.25) is 0 Å². The van der Waals surface area contributed by atoms with Crippen molar-refractivity contribution in [3.05, 3.63) is 89.0 Å². The zero-order valence-electron chi connectivity index (χ0n) is 20.8. The molecule has 0 radical (unpaired) electrons. The highest BCUT2D eigenvalue weighted by atomic mass is 32.2. The van der Waals surface area contributed by atoms with Crippen LogP contribution < -0.4 is 19.9 Å². The van der Waals surface area contributed by atoms with Crippen LogP contribution in [0.15, 0.2) is 71.8 Å². The number of methoxy groups -OCH3 is 1. The molecule has 0 aliphatic heterocycles. The first-order chi connectivity index (χ1) is 17.6. The minimum atomic E-state index is -4.30. The lowest BCUT2D eigenvalue weighted by molar-refractivity contribution is 0.0978. The van der Waals surface area contributed by atoms with Crippen molar-refractivity contribution in [2.24, 2.45) is 0 Å². The fourth-order valence-corrected chi connectivity index (χ4v) is 4.79. The number of nitrogen functional groups attached to an aromatic ring is 1. The molecule has 0 fully saturated rings. The van der Waals surface area contributed by atoms with Crippen LogP contribution in [0.1, 0.15) is 31.3 Å². The molecule has 2 aromatic carbocycles. The predicted molar refractivity (Wildman–Crippen MR) is 147 cm³/mol. The lowest BCUT2D eigenvalue weighted by Gasteiger charge is -2.16. The average Bonchev–Trinajstić information content (AvgIpc) is 2.86. The van der Waals surface area contributed by atoms with Crippen molar-refractivity contribution in [2.45, 2.75) is 25.8 Å². The first kappa shape index (κ1) is 25.6. The van der Waals surface area contributed by atoms with E-state index in [1.165, 1.54) is 24.3 Å². The quantitative estimate of drug-likeness (QED) is 0.332. The molecule has 0 aliphatic carbocycles. The summed E-state index contributed by atoms with van der Waals surface area (Å²) >= 11 is 0. The van der Waals surface area contributed by atoms with Crippen LogP contribution >= 0.6 is 0 Å². The van der Waals surface area contributed by atoms with Crippen molar-refractivity contribution in [1.29, 1.82) is 0 Å². The molecule has 0 unspecified atom stereocenters. The number of aryl methyl sites for hydroxylation is 3. The Balaban J connectivity index is 0.00000267. The number of pyridine rings is 2. The minimum absolute atomic E-state index is 0. The van der Waals surface area contributed by atoms with Gasteiger partial charge in [-0.1, -0.05) is 23.8 Å². The molecule has 3 N–H and O–H groups in total. The summed E-state index contributed by atoms with van der Waals surface area (Å²) in [6.07, 6.45) is 0. The third kappa shape index (κ3) is 5.70. The van der Waals surface area contributed by atoms with Gasteiger partial charge < -0.3 is 15.2 Å². The molecule has 4 rings (SSSR count). The summed E-state index contributed by atoms with van der Waals surface area (Å²) in [6.45, 7) is 5.75. The molecule has 37 heavy (non-hydrogen) atoms. The monoisotopic (exact) mass is 524 g/mol. The number of amides is 1. The van der Waals surface area contributed by atoms with E-state index in [4.69, 9.17) is 15.2 Å². The Morgan fingerprint density at radius 2 is 1.62 bits per heavy atom. The van der Waals surface area contributed by atoms with E-state index in [1.807, 2.05) is 49.8 Å². The number of ether oxygens (including phenoxy) is 2. The Labute approximate surface area is 219 Å². The van der Waals surface area contributed by atoms with E-state index in [2.05, 4.69) is 9.97 Å². The van der Waals surface area contributed by atoms with Crippen LogP contribution in [-0.4, -0.2) is 31.4 Å². The molecule has 0 bridgehead atoms. The number of nitrogens with zero attached hydrogens (tertiary/aromatic N) is 2. The number of benzene rings is 2. The van der Waals surface area contributed by atoms with E-state index in [1.54, 1.807) is 25.3 Å². The third-order valence-electron chi connectivity index (χ3n) is 5.54. The van der Waals surface area contributed by atoms with Crippen LogP contribution in [0.5, 0.6) is 17.4 Å². The number of anilines is 1. The van der Waals surface area contributed by atoms with Crippen molar-refractivity contribution in [2.75, 3.05) is 12.8 Å². The number of rotatable bonds is 7. The number of nitrogens with one attached hydrogen (secondary N) is 1. The van der Waals surface area contributed by atoms with E-state index in [-0.39, 0.29) is 26.6 Å². The molecule has 1 amide bonds. The normalized spacial score (nSPS) is 11.1. The van der Waals surface area contributed by atoms with Gasteiger partial charge in [0.1, 0.15) is 22.9 Å². The molecule has 196 valence electrons. The summed E-state index contributed by atoms with van der Waals surface area (Å²) in [5.41, 5.74) is 9.57. The molecule has 4 aromatic rings. The zero-order chi connectivity index (χ0) is 26.7. The molecular formula is C27H32N4O5S. The SMILES string of the molecule is COc1ccc(-c2ccc(C(=O)NS(=O)(=O)c3cccc(N)n3)c(Oc3c(C)cc(C)cc3C)n2)cc1.[HH].[HH].[HH]. The van der Waals surface area contributed by atoms with Gasteiger partial charge in [-0.2, -0.15) is 8.42 Å². The van der Waals surface area contributed by atoms with E-state index in [0.717, 1.165) is 22.3 Å². The molecule has 2 aromatic heterocycles. The molecule has 0 saturated carbocycles. The van der Waals surface area contributed by atoms with E-state index >= 15 is 0 Å². The fourth-order valence-electron chi connectivity index (χ4n) is 3.85. The summed E-state index contributed by atoms with van der Waals surface area (Å²) in [6, 6.07) is 18.3. The summed E-state index contributed by atoms with van der Waals surface area (Å²) in [5, 5.41) is -0.378. The van der Waals surface area contributed by atoms with Gasteiger partial charge in [0, 0.05) is 9.84 Å². The van der Waals surface area contributed by atoms with Gasteiger partial charge in [0.05, 0.1) is 12.8 Å². The largest absolute Gasteiger partial charge is 0.497 e. The Hall–Kier alpha value is -4.44. The molecule has 0 aliphatic rings. The predicted octanol–water partition coefficient (Wildman–Crippen LogP) is 5.31. The van der Waals surface area contributed by atoms with Gasteiger partial charge in [-0.05, 0) is 80.4 Å². The number of aromatic nitrogens is 2. The average molecular weight is 525 g/mol. The van der Waals surface area contributed by atoms with Crippen LogP contribution in [0.4, 0.5) is 5.82 Å². The molecule has 2 heterocycles. The molecule has 0 spiro atoms. The molecule has 0 saturated heterocycles. The lowest BCUT2D eigenvalue weighted by atomic mass is 10.1. The molecular weight excluding hydrogens is 492 g/mol. The van der Waals surface area contributed by atoms with Gasteiger partial charge in [-0.15, -0.1) is 0 Å². The molecule has 10 heteroatoms. The number of carbonyl (C=O) groups is 1. The second-order valence-corrected chi connectivity index (χ2v) is 10.1. The second kappa shape index (κ2) is 10.3. The second-order valence-electron chi connectivity index (χ2n) is 8.44. The van der Waals surface area contributed by atoms with Gasteiger partial charge >= 0.3 is 0 Å². The number of hydrogen-bond donors (Lipinski definition) is 2. The molecule has 0 atom stereocenters. The summed E-state index contributed by atoms with van der Waals surface area (Å²) in [4.78, 5) is 21.6. The maximum absolute atomic E-state index is 13.2. The van der Waals surface area contributed by atoms with Crippen molar-refractivity contribution in [3.63, 3.8) is 0 Å². The standard InChI is InChI=1S/C27H26N4O5S.3H2/c1-16-14-17(2)25(18(3)15-16)36-27-21(12-13-22(29-27)19-8-10-20(35-4)11-9-19)26(32)31-37(33,34)24-7-5-6-23(28)30-24;;;/h5-15H,1-4H3,(H2,28,30)(H,31,32);3*1H. The highest BCUT2D eigenvalue weighted by Crippen LogP contribution is 2.33. The van der Waals surface area contributed by atoms with E-state index < -0.39 is 15.9 Å². The number of carbonyl (C=O) groups excluding carboxylic acids is 1. The van der Waals surface area contributed by atoms with Gasteiger partial charge in [-0.3, -0.25) is 4.79 Å². The van der Waals surface area contributed by atoms with Crippen molar-refractivity contribution in [3.8, 4) is 28.6 Å². The number of hydrogen-bond acceptors (Lipinski definition) is 8. The van der Waals surface area contributed by atoms with Gasteiger partial charge in [0.15, 0.2) is 5.03 Å². The van der Waals surface area contributed by atoms with Crippen molar-refractivity contribution < 1.29 is 27.0 Å². The topological polar surface area (TPSA) is 134 Å². The highest BCUT2D eigenvalue weighted by Gasteiger charge is 2.25. The summed E-state index contributed by atoms with van der Waals surface area (Å²) in [5.74, 6) is 0.254. The Kier molecular flexibility index (Phi) is 7.12. The van der Waals surface area contributed by atoms with Crippen molar-refractivity contribution in [1.82, 2.24) is 14.7 Å². The smallest absolute Gasteiger partial charge is 0.281 e. The van der Waals surface area contributed by atoms with Gasteiger partial charge in [0.2, 0.25) is 5.88 Å².